The van der Waals surface area contributed by atoms with Gasteiger partial charge in [-0.1, -0.05) is 42.8 Å². The number of thiophene rings is 1. The van der Waals surface area contributed by atoms with E-state index in [0.29, 0.717) is 31.1 Å². The highest BCUT2D eigenvalue weighted by molar-refractivity contribution is 7.17. The molecule has 6 heteroatoms. The third-order valence-corrected chi connectivity index (χ3v) is 8.34. The van der Waals surface area contributed by atoms with Gasteiger partial charge in [0.05, 0.1) is 13.0 Å². The number of carbonyl (C=O) groups is 2. The zero-order valence-electron chi connectivity index (χ0n) is 22.0. The maximum atomic E-state index is 12.3. The van der Waals surface area contributed by atoms with Crippen LogP contribution >= 0.6 is 11.3 Å². The molecule has 0 saturated heterocycles. The van der Waals surface area contributed by atoms with Gasteiger partial charge in [0.25, 0.3) is 0 Å². The summed E-state index contributed by atoms with van der Waals surface area (Å²) in [5.41, 5.74) is 5.42. The average molecular weight is 529 g/mol. The van der Waals surface area contributed by atoms with Crippen molar-refractivity contribution in [1.82, 2.24) is 0 Å². The fourth-order valence-corrected chi connectivity index (χ4v) is 6.20. The van der Waals surface area contributed by atoms with Crippen LogP contribution < -0.4 is 9.47 Å². The summed E-state index contributed by atoms with van der Waals surface area (Å²) in [6, 6.07) is 20.5. The van der Waals surface area contributed by atoms with Crippen LogP contribution in [0.1, 0.15) is 56.2 Å². The zero-order chi connectivity index (χ0) is 26.7. The van der Waals surface area contributed by atoms with E-state index in [-0.39, 0.29) is 11.4 Å². The average Bonchev–Trinajstić information content (AvgIpc) is 3.29. The largest absolute Gasteiger partial charge is 0.485 e. The molecule has 1 aliphatic carbocycles. The van der Waals surface area contributed by atoms with Crippen molar-refractivity contribution in [2.24, 2.45) is 0 Å². The van der Waals surface area contributed by atoms with E-state index < -0.39 is 5.97 Å². The van der Waals surface area contributed by atoms with E-state index in [2.05, 4.69) is 54.8 Å². The van der Waals surface area contributed by atoms with Crippen molar-refractivity contribution in [1.29, 1.82) is 0 Å². The van der Waals surface area contributed by atoms with E-state index in [1.165, 1.54) is 33.7 Å². The molecule has 0 unspecified atom stereocenters. The predicted molar refractivity (Wildman–Crippen MR) is 151 cm³/mol. The molecule has 1 aliphatic rings. The van der Waals surface area contributed by atoms with Crippen molar-refractivity contribution in [3.8, 4) is 22.6 Å². The molecule has 4 aromatic rings. The second kappa shape index (κ2) is 11.0. The minimum absolute atomic E-state index is 0.199. The maximum Gasteiger partial charge on any atom is 0.308 e. The standard InChI is InChI=1S/C32H32O5S/c1-4-35-31(34)18-32(14-7-15-32)24-11-12-28(29(17-24)37-22(3)33)36-19-23-10-13-30-26(16-23)27(20-38-30)25-9-6-5-8-21(25)2/h5-6,8-13,16-17,20H,4,7,14-15,18-19H2,1-3H3. The normalized spacial score (nSPS) is 14.1. The Balaban J connectivity index is 1.40. The molecule has 1 fully saturated rings. The molecule has 0 N–H and O–H groups in total. The Bertz CT molecular complexity index is 1480. The monoisotopic (exact) mass is 528 g/mol. The Hall–Kier alpha value is -3.64. The predicted octanol–water partition coefficient (Wildman–Crippen LogP) is 7.76. The first-order valence-corrected chi connectivity index (χ1v) is 13.9. The van der Waals surface area contributed by atoms with Crippen molar-refractivity contribution >= 4 is 33.4 Å². The molecule has 5 nitrogen and oxygen atoms in total. The molecular formula is C32H32O5S. The van der Waals surface area contributed by atoms with Gasteiger partial charge in [0.2, 0.25) is 0 Å². The molecule has 0 bridgehead atoms. The molecule has 0 aliphatic heterocycles. The molecule has 3 aromatic carbocycles. The SMILES string of the molecule is CCOC(=O)CC1(c2ccc(OCc3ccc4scc(-c5ccccc5C)c4c3)c(OC(C)=O)c2)CCC1. The maximum absolute atomic E-state index is 12.3. The lowest BCUT2D eigenvalue weighted by Crippen LogP contribution is -2.37. The fourth-order valence-electron chi connectivity index (χ4n) is 5.26. The van der Waals surface area contributed by atoms with Gasteiger partial charge in [-0.3, -0.25) is 9.59 Å². The van der Waals surface area contributed by atoms with Crippen LogP contribution in [0.25, 0.3) is 21.2 Å². The number of esters is 2. The first kappa shape index (κ1) is 26.0. The van der Waals surface area contributed by atoms with Crippen LogP contribution in [0.3, 0.4) is 0 Å². The molecule has 1 aromatic heterocycles. The highest BCUT2D eigenvalue weighted by Gasteiger charge is 2.41. The van der Waals surface area contributed by atoms with Crippen molar-refractivity contribution < 1.29 is 23.8 Å². The second-order valence-electron chi connectivity index (χ2n) is 9.95. The Morgan fingerprint density at radius 1 is 0.974 bits per heavy atom. The fraction of sp³-hybridized carbons (Fsp3) is 0.312. The lowest BCUT2D eigenvalue weighted by molar-refractivity contribution is -0.145. The van der Waals surface area contributed by atoms with Crippen molar-refractivity contribution in [3.05, 3.63) is 82.7 Å². The first-order chi connectivity index (χ1) is 18.4. The van der Waals surface area contributed by atoms with Crippen LogP contribution in [0.5, 0.6) is 11.5 Å². The summed E-state index contributed by atoms with van der Waals surface area (Å²) in [5, 5.41) is 3.41. The number of benzene rings is 3. The van der Waals surface area contributed by atoms with Crippen LogP contribution in [0.2, 0.25) is 0 Å². The Kier molecular flexibility index (Phi) is 7.52. The third kappa shape index (κ3) is 5.32. The summed E-state index contributed by atoms with van der Waals surface area (Å²) < 4.78 is 18.2. The van der Waals surface area contributed by atoms with E-state index in [4.69, 9.17) is 14.2 Å². The van der Waals surface area contributed by atoms with E-state index in [1.54, 1.807) is 11.3 Å². The van der Waals surface area contributed by atoms with Crippen molar-refractivity contribution in [2.45, 2.75) is 58.5 Å². The van der Waals surface area contributed by atoms with Crippen LogP contribution in [-0.4, -0.2) is 18.5 Å². The number of aryl methyl sites for hydroxylation is 1. The summed E-state index contributed by atoms with van der Waals surface area (Å²) in [6.45, 7) is 6.03. The van der Waals surface area contributed by atoms with Crippen LogP contribution in [0, 0.1) is 6.92 Å². The topological polar surface area (TPSA) is 61.8 Å². The minimum Gasteiger partial charge on any atom is -0.485 e. The molecule has 0 amide bonds. The lowest BCUT2D eigenvalue weighted by Gasteiger charge is -2.42. The molecule has 196 valence electrons. The Morgan fingerprint density at radius 2 is 1.79 bits per heavy atom. The first-order valence-electron chi connectivity index (χ1n) is 13.1. The van der Waals surface area contributed by atoms with Gasteiger partial charge in [0, 0.05) is 28.0 Å². The quantitative estimate of drug-likeness (QED) is 0.164. The number of rotatable bonds is 9. The van der Waals surface area contributed by atoms with Gasteiger partial charge in [-0.2, -0.15) is 0 Å². The molecule has 38 heavy (non-hydrogen) atoms. The van der Waals surface area contributed by atoms with E-state index in [9.17, 15) is 9.59 Å². The van der Waals surface area contributed by atoms with E-state index in [1.807, 2.05) is 25.1 Å². The Morgan fingerprint density at radius 3 is 2.50 bits per heavy atom. The minimum atomic E-state index is -0.414. The van der Waals surface area contributed by atoms with Gasteiger partial charge in [-0.25, -0.2) is 0 Å². The van der Waals surface area contributed by atoms with Crippen molar-refractivity contribution in [3.63, 3.8) is 0 Å². The second-order valence-corrected chi connectivity index (χ2v) is 10.9. The van der Waals surface area contributed by atoms with Crippen LogP contribution in [-0.2, 0) is 26.3 Å². The number of hydrogen-bond acceptors (Lipinski definition) is 6. The van der Waals surface area contributed by atoms with Gasteiger partial charge < -0.3 is 14.2 Å². The highest BCUT2D eigenvalue weighted by Crippen LogP contribution is 2.48. The summed E-state index contributed by atoms with van der Waals surface area (Å²) >= 11 is 1.74. The molecule has 0 atom stereocenters. The summed E-state index contributed by atoms with van der Waals surface area (Å²) in [5.74, 6) is 0.263. The number of fused-ring (bicyclic) bond motifs is 1. The lowest BCUT2D eigenvalue weighted by atomic mass is 9.62. The number of ether oxygens (including phenoxy) is 3. The van der Waals surface area contributed by atoms with Gasteiger partial charge in [-0.15, -0.1) is 11.3 Å². The number of carbonyl (C=O) groups excluding carboxylic acids is 2. The molecule has 0 radical (unpaired) electrons. The molecule has 1 heterocycles. The van der Waals surface area contributed by atoms with Crippen LogP contribution in [0.15, 0.2) is 66.0 Å². The van der Waals surface area contributed by atoms with Gasteiger partial charge in [0.15, 0.2) is 11.5 Å². The van der Waals surface area contributed by atoms with Gasteiger partial charge in [-0.05, 0) is 78.6 Å². The zero-order valence-corrected chi connectivity index (χ0v) is 22.9. The van der Waals surface area contributed by atoms with Crippen molar-refractivity contribution in [2.75, 3.05) is 6.61 Å². The summed E-state index contributed by atoms with van der Waals surface area (Å²) in [4.78, 5) is 24.2. The number of hydrogen-bond donors (Lipinski definition) is 0. The van der Waals surface area contributed by atoms with Gasteiger partial charge >= 0.3 is 11.9 Å². The van der Waals surface area contributed by atoms with Gasteiger partial charge in [0.1, 0.15) is 6.61 Å². The molecule has 0 spiro atoms. The summed E-state index contributed by atoms with van der Waals surface area (Å²) in [6.07, 6.45) is 3.17. The van der Waals surface area contributed by atoms with E-state index >= 15 is 0 Å². The summed E-state index contributed by atoms with van der Waals surface area (Å²) in [7, 11) is 0. The van der Waals surface area contributed by atoms with E-state index in [0.717, 1.165) is 30.4 Å². The smallest absolute Gasteiger partial charge is 0.308 e. The Labute approximate surface area is 227 Å². The molecule has 1 saturated carbocycles. The molecule has 5 rings (SSSR count). The van der Waals surface area contributed by atoms with Crippen LogP contribution in [0.4, 0.5) is 0 Å². The highest BCUT2D eigenvalue weighted by atomic mass is 32.1. The molecular weight excluding hydrogens is 496 g/mol. The third-order valence-electron chi connectivity index (χ3n) is 7.38.